The van der Waals surface area contributed by atoms with E-state index in [0.29, 0.717) is 37.8 Å². The summed E-state index contributed by atoms with van der Waals surface area (Å²) < 4.78 is 56.3. The molecule has 9 rings (SSSR count). The predicted molar refractivity (Wildman–Crippen MR) is 187 cm³/mol. The zero-order chi connectivity index (χ0) is 30.8. The fraction of sp³-hybridized carbons (Fsp3) is 0.538. The first kappa shape index (κ1) is 38.3. The molecule has 6 aliphatic rings. The highest BCUT2D eigenvalue weighted by atomic mass is 35.5. The van der Waals surface area contributed by atoms with Crippen molar-refractivity contribution in [2.24, 2.45) is 5.92 Å². The summed E-state index contributed by atoms with van der Waals surface area (Å²) in [7, 11) is 0. The molecule has 5 aliphatic heterocycles. The van der Waals surface area contributed by atoms with E-state index in [9.17, 15) is 13.2 Å². The van der Waals surface area contributed by atoms with Gasteiger partial charge >= 0.3 is 0 Å². The molecule has 5 heterocycles. The number of rotatable bonds is 3. The van der Waals surface area contributed by atoms with E-state index in [4.69, 9.17) is 14.2 Å². The number of hydrogen-bond acceptors (Lipinski definition) is 5. The number of hydrogen-bond donors (Lipinski definition) is 2. The van der Waals surface area contributed by atoms with Crippen molar-refractivity contribution in [3.63, 3.8) is 0 Å². The van der Waals surface area contributed by atoms with E-state index >= 15 is 0 Å². The van der Waals surface area contributed by atoms with Crippen LogP contribution in [-0.4, -0.2) is 25.2 Å². The molecule has 48 heavy (non-hydrogen) atoms. The van der Waals surface area contributed by atoms with Crippen LogP contribution < -0.4 is 10.6 Å². The van der Waals surface area contributed by atoms with Crippen LogP contribution in [-0.2, 0) is 34.0 Å². The van der Waals surface area contributed by atoms with Gasteiger partial charge in [0.05, 0.1) is 38.1 Å². The number of nitrogens with one attached hydrogen (secondary N) is 2. The lowest BCUT2D eigenvalue weighted by Gasteiger charge is -2.18. The third kappa shape index (κ3) is 8.45. The molecule has 1 aliphatic carbocycles. The molecule has 9 heteroatoms. The highest BCUT2D eigenvalue weighted by Crippen LogP contribution is 2.43. The highest BCUT2D eigenvalue weighted by Gasteiger charge is 2.34. The van der Waals surface area contributed by atoms with Crippen molar-refractivity contribution < 1.29 is 27.4 Å². The summed E-state index contributed by atoms with van der Waals surface area (Å²) >= 11 is 0. The molecule has 1 unspecified atom stereocenters. The number of halogens is 4. The summed E-state index contributed by atoms with van der Waals surface area (Å²) in [5.41, 5.74) is 6.62. The Morgan fingerprint density at radius 2 is 0.875 bits per heavy atom. The quantitative estimate of drug-likeness (QED) is 0.287. The van der Waals surface area contributed by atoms with Gasteiger partial charge in [0.1, 0.15) is 17.5 Å². The van der Waals surface area contributed by atoms with Gasteiger partial charge in [-0.1, -0.05) is 45.9 Å². The average molecular weight is 689 g/mol. The lowest BCUT2D eigenvalue weighted by atomic mass is 9.93. The van der Waals surface area contributed by atoms with Crippen LogP contribution in [0, 0.1) is 23.4 Å². The molecule has 3 aromatic carbocycles. The van der Waals surface area contributed by atoms with Gasteiger partial charge in [-0.2, -0.15) is 0 Å². The second-order valence-corrected chi connectivity index (χ2v) is 13.2. The van der Waals surface area contributed by atoms with E-state index in [1.54, 1.807) is 24.3 Å². The molecule has 3 aromatic rings. The van der Waals surface area contributed by atoms with E-state index in [2.05, 4.69) is 10.6 Å². The maximum atomic E-state index is 13.0. The summed E-state index contributed by atoms with van der Waals surface area (Å²) in [5.74, 6) is 0.177. The number of ether oxygens (including phenoxy) is 3. The Balaban J connectivity index is 0.000000158. The Kier molecular flexibility index (Phi) is 13.9. The van der Waals surface area contributed by atoms with E-state index < -0.39 is 0 Å². The van der Waals surface area contributed by atoms with Crippen molar-refractivity contribution in [2.75, 3.05) is 13.1 Å². The Morgan fingerprint density at radius 1 is 0.500 bits per heavy atom. The van der Waals surface area contributed by atoms with E-state index in [0.717, 1.165) is 53.7 Å². The van der Waals surface area contributed by atoms with Gasteiger partial charge in [0, 0.05) is 12.1 Å². The molecule has 5 atom stereocenters. The minimum atomic E-state index is -0.169. The van der Waals surface area contributed by atoms with Crippen molar-refractivity contribution in [3.8, 4) is 0 Å². The zero-order valence-electron chi connectivity index (χ0n) is 26.1. The fourth-order valence-electron chi connectivity index (χ4n) is 7.99. The van der Waals surface area contributed by atoms with Gasteiger partial charge in [-0.05, 0) is 127 Å². The SMILES string of the molecule is C.C.Cl.Fc1ccc2c(c1)COC2C1CCCC1.Fc1ccc2c(c1)CO[C@@H]2[C@@H]1CCCN1.Fc1ccc2c(c1)CO[C@H]2[C@@H]1CCCN1. The minimum absolute atomic E-state index is 0. The standard InChI is InChI=1S/C13H15FO.2C12H14FNO.2CH4.ClH/c14-11-5-6-12-10(7-11)8-15-13(12)9-3-1-2-4-9;2*13-9-3-4-10-8(6-9)7-15-12(10)11-2-1-5-14-11;;;/h5-7,9,13H,1-4,8H2;2*3-4,6,11-12,14H,1-2,5,7H2;2*1H4;1H/t;11-,12+;11-,12-;;;/m.00.../s1. The molecule has 0 spiro atoms. The molecule has 1 saturated carbocycles. The molecule has 2 saturated heterocycles. The first-order valence-corrected chi connectivity index (χ1v) is 16.7. The summed E-state index contributed by atoms with van der Waals surface area (Å²) in [6.45, 7) is 3.84. The second kappa shape index (κ2) is 17.5. The van der Waals surface area contributed by atoms with Crippen LogP contribution in [0.25, 0.3) is 0 Å². The lowest BCUT2D eigenvalue weighted by Crippen LogP contribution is -2.28. The second-order valence-electron chi connectivity index (χ2n) is 13.2. The van der Waals surface area contributed by atoms with E-state index in [1.165, 1.54) is 56.2 Å². The Hall–Kier alpha value is -2.46. The predicted octanol–water partition coefficient (Wildman–Crippen LogP) is 9.58. The van der Waals surface area contributed by atoms with E-state index in [1.807, 2.05) is 18.2 Å². The van der Waals surface area contributed by atoms with Crippen LogP contribution in [0.4, 0.5) is 13.2 Å². The van der Waals surface area contributed by atoms with Crippen molar-refractivity contribution in [2.45, 2.75) is 116 Å². The average Bonchev–Trinajstić information content (AvgIpc) is 3.87. The van der Waals surface area contributed by atoms with Crippen LogP contribution in [0.5, 0.6) is 0 Å². The maximum Gasteiger partial charge on any atom is 0.123 e. The summed E-state index contributed by atoms with van der Waals surface area (Å²) in [4.78, 5) is 0. The molecule has 0 amide bonds. The molecular weight excluding hydrogens is 637 g/mol. The topological polar surface area (TPSA) is 51.8 Å². The van der Waals surface area contributed by atoms with Gasteiger partial charge in [-0.15, -0.1) is 12.4 Å². The maximum absolute atomic E-state index is 13.0. The van der Waals surface area contributed by atoms with Crippen molar-refractivity contribution in [3.05, 3.63) is 105 Å². The fourth-order valence-corrected chi connectivity index (χ4v) is 7.99. The van der Waals surface area contributed by atoms with Crippen LogP contribution in [0.2, 0.25) is 0 Å². The van der Waals surface area contributed by atoms with Gasteiger partial charge in [0.2, 0.25) is 0 Å². The molecule has 0 radical (unpaired) electrons. The normalized spacial score (nSPS) is 26.4. The van der Waals surface area contributed by atoms with Gasteiger partial charge in [0.25, 0.3) is 0 Å². The van der Waals surface area contributed by atoms with Crippen LogP contribution in [0.3, 0.4) is 0 Å². The van der Waals surface area contributed by atoms with Crippen molar-refractivity contribution in [1.82, 2.24) is 10.6 Å². The Bertz CT molecular complexity index is 1300. The molecule has 0 aromatic heterocycles. The lowest BCUT2D eigenvalue weighted by molar-refractivity contribution is 0.0250. The number of benzene rings is 3. The molecule has 264 valence electrons. The van der Waals surface area contributed by atoms with Crippen LogP contribution in [0.1, 0.15) is 118 Å². The van der Waals surface area contributed by atoms with Crippen molar-refractivity contribution in [1.29, 1.82) is 0 Å². The largest absolute Gasteiger partial charge is 0.369 e. The Morgan fingerprint density at radius 3 is 1.25 bits per heavy atom. The molecule has 0 bridgehead atoms. The first-order chi connectivity index (χ1) is 22.0. The molecular formula is C39H52ClF3N2O3. The van der Waals surface area contributed by atoms with Gasteiger partial charge < -0.3 is 24.8 Å². The third-order valence-electron chi connectivity index (χ3n) is 10.2. The summed E-state index contributed by atoms with van der Waals surface area (Å²) in [6, 6.07) is 15.8. The summed E-state index contributed by atoms with van der Waals surface area (Å²) in [5, 5.41) is 6.87. The number of fused-ring (bicyclic) bond motifs is 3. The van der Waals surface area contributed by atoms with Gasteiger partial charge in [0.15, 0.2) is 0 Å². The van der Waals surface area contributed by atoms with E-state index in [-0.39, 0.29) is 63.0 Å². The first-order valence-electron chi connectivity index (χ1n) is 16.7. The van der Waals surface area contributed by atoms with Gasteiger partial charge in [-0.25, -0.2) is 13.2 Å². The minimum Gasteiger partial charge on any atom is -0.369 e. The molecule has 3 fully saturated rings. The van der Waals surface area contributed by atoms with Crippen LogP contribution in [0.15, 0.2) is 54.6 Å². The monoisotopic (exact) mass is 688 g/mol. The highest BCUT2D eigenvalue weighted by molar-refractivity contribution is 5.85. The molecule has 2 N–H and O–H groups in total. The Labute approximate surface area is 290 Å². The smallest absolute Gasteiger partial charge is 0.123 e. The third-order valence-corrected chi connectivity index (χ3v) is 10.2. The summed E-state index contributed by atoms with van der Waals surface area (Å²) in [6.07, 6.45) is 10.4. The van der Waals surface area contributed by atoms with Crippen molar-refractivity contribution >= 4 is 12.4 Å². The van der Waals surface area contributed by atoms with Gasteiger partial charge in [-0.3, -0.25) is 0 Å². The van der Waals surface area contributed by atoms with Crippen LogP contribution >= 0.6 is 12.4 Å². The zero-order valence-corrected chi connectivity index (χ0v) is 26.9. The molecule has 5 nitrogen and oxygen atoms in total.